The molecule has 0 atom stereocenters. The van der Waals surface area contributed by atoms with E-state index in [1.165, 1.54) is 0 Å². The summed E-state index contributed by atoms with van der Waals surface area (Å²) < 4.78 is 1.84. The average molecular weight is 169 g/mol. The van der Waals surface area contributed by atoms with Gasteiger partial charge in [0.1, 0.15) is 5.60 Å². The number of aryl methyl sites for hydroxylation is 1. The quantitative estimate of drug-likeness (QED) is 0.687. The van der Waals surface area contributed by atoms with Crippen LogP contribution in [0, 0.1) is 0 Å². The number of aromatic nitrogens is 2. The highest BCUT2D eigenvalue weighted by molar-refractivity contribution is 5.07. The minimum atomic E-state index is -0.500. The van der Waals surface area contributed by atoms with Gasteiger partial charge in [0, 0.05) is 12.7 Å². The van der Waals surface area contributed by atoms with E-state index >= 15 is 0 Å². The van der Waals surface area contributed by atoms with Crippen molar-refractivity contribution in [3.8, 4) is 0 Å². The fraction of sp³-hybridized carbons (Fsp3) is 0.625. The van der Waals surface area contributed by atoms with Crippen LogP contribution in [0.5, 0.6) is 0 Å². The van der Waals surface area contributed by atoms with Crippen molar-refractivity contribution in [1.82, 2.24) is 9.78 Å². The molecule has 68 valence electrons. The Hall–Kier alpha value is -0.870. The van der Waals surface area contributed by atoms with Crippen molar-refractivity contribution in [2.24, 2.45) is 5.90 Å². The number of hydrogen-bond acceptors (Lipinski definition) is 3. The molecular weight excluding hydrogens is 154 g/mol. The first-order valence-corrected chi connectivity index (χ1v) is 4.02. The van der Waals surface area contributed by atoms with Crippen molar-refractivity contribution < 1.29 is 4.84 Å². The molecule has 1 rings (SSSR count). The molecule has 1 heterocycles. The molecule has 0 unspecified atom stereocenters. The maximum Gasteiger partial charge on any atom is 0.127 e. The molecule has 0 bridgehead atoms. The summed E-state index contributed by atoms with van der Waals surface area (Å²) in [4.78, 5) is 4.81. The second-order valence-corrected chi connectivity index (χ2v) is 3.18. The maximum absolute atomic E-state index is 5.14. The minimum absolute atomic E-state index is 0.500. The summed E-state index contributed by atoms with van der Waals surface area (Å²) in [6, 6.07) is 1.91. The fourth-order valence-electron chi connectivity index (χ4n) is 0.919. The van der Waals surface area contributed by atoms with Crippen LogP contribution in [0.4, 0.5) is 0 Å². The van der Waals surface area contributed by atoms with Crippen LogP contribution in [0.1, 0.15) is 26.5 Å². The Morgan fingerprint density at radius 1 is 1.67 bits per heavy atom. The zero-order valence-electron chi connectivity index (χ0n) is 7.74. The van der Waals surface area contributed by atoms with Crippen LogP contribution in [-0.2, 0) is 17.0 Å². The van der Waals surface area contributed by atoms with E-state index in [0.717, 1.165) is 12.2 Å². The Morgan fingerprint density at radius 2 is 2.33 bits per heavy atom. The van der Waals surface area contributed by atoms with Crippen molar-refractivity contribution in [2.45, 2.75) is 32.9 Å². The summed E-state index contributed by atoms with van der Waals surface area (Å²) in [7, 11) is 0. The van der Waals surface area contributed by atoms with E-state index in [1.54, 1.807) is 0 Å². The van der Waals surface area contributed by atoms with Gasteiger partial charge in [0.05, 0.1) is 5.69 Å². The summed E-state index contributed by atoms with van der Waals surface area (Å²) in [5.74, 6) is 5.14. The number of hydrogen-bond donors (Lipinski definition) is 1. The summed E-state index contributed by atoms with van der Waals surface area (Å²) in [6.07, 6.45) is 1.91. The lowest BCUT2D eigenvalue weighted by Gasteiger charge is -2.18. The molecule has 1 aromatic heterocycles. The van der Waals surface area contributed by atoms with Crippen LogP contribution in [0.3, 0.4) is 0 Å². The third-order valence-electron chi connectivity index (χ3n) is 1.88. The van der Waals surface area contributed by atoms with Crippen LogP contribution < -0.4 is 5.90 Å². The second kappa shape index (κ2) is 3.25. The van der Waals surface area contributed by atoms with Crippen molar-refractivity contribution in [1.29, 1.82) is 0 Å². The molecule has 12 heavy (non-hydrogen) atoms. The molecule has 1 aromatic rings. The molecule has 0 aliphatic rings. The lowest BCUT2D eigenvalue weighted by atomic mass is 10.1. The first-order valence-electron chi connectivity index (χ1n) is 4.02. The molecule has 4 nitrogen and oxygen atoms in total. The van der Waals surface area contributed by atoms with Gasteiger partial charge in [-0.15, -0.1) is 0 Å². The summed E-state index contributed by atoms with van der Waals surface area (Å²) in [5, 5.41) is 4.28. The van der Waals surface area contributed by atoms with Crippen molar-refractivity contribution in [3.63, 3.8) is 0 Å². The molecule has 0 spiro atoms. The smallest absolute Gasteiger partial charge is 0.127 e. The lowest BCUT2D eigenvalue weighted by molar-refractivity contribution is -0.0272. The molecule has 0 aromatic carbocycles. The lowest BCUT2D eigenvalue weighted by Crippen LogP contribution is -2.26. The van der Waals surface area contributed by atoms with Gasteiger partial charge in [-0.3, -0.25) is 9.52 Å². The monoisotopic (exact) mass is 169 g/mol. The summed E-state index contributed by atoms with van der Waals surface area (Å²) >= 11 is 0. The number of nitrogens with two attached hydrogens (primary N) is 1. The van der Waals surface area contributed by atoms with Crippen molar-refractivity contribution in [2.75, 3.05) is 0 Å². The summed E-state index contributed by atoms with van der Waals surface area (Å²) in [5.41, 5.74) is 0.354. The first kappa shape index (κ1) is 9.22. The summed E-state index contributed by atoms with van der Waals surface area (Å²) in [6.45, 7) is 6.67. The second-order valence-electron chi connectivity index (χ2n) is 3.18. The van der Waals surface area contributed by atoms with E-state index in [2.05, 4.69) is 5.10 Å². The van der Waals surface area contributed by atoms with Gasteiger partial charge >= 0.3 is 0 Å². The van der Waals surface area contributed by atoms with Crippen LogP contribution in [0.2, 0.25) is 0 Å². The molecule has 0 fully saturated rings. The van der Waals surface area contributed by atoms with E-state index in [-0.39, 0.29) is 0 Å². The molecule has 0 aliphatic carbocycles. The maximum atomic E-state index is 5.14. The van der Waals surface area contributed by atoms with Crippen molar-refractivity contribution >= 4 is 0 Å². The highest BCUT2D eigenvalue weighted by Gasteiger charge is 2.23. The van der Waals surface area contributed by atoms with E-state index in [0.29, 0.717) is 0 Å². The molecule has 0 saturated heterocycles. The first-order chi connectivity index (χ1) is 5.60. The van der Waals surface area contributed by atoms with Gasteiger partial charge in [0.2, 0.25) is 0 Å². The SMILES string of the molecule is CCn1ccc(C(C)(C)ON)n1. The highest BCUT2D eigenvalue weighted by Crippen LogP contribution is 2.19. The van der Waals surface area contributed by atoms with Gasteiger partial charge in [0.15, 0.2) is 0 Å². The van der Waals surface area contributed by atoms with Gasteiger partial charge in [-0.1, -0.05) is 0 Å². The molecule has 2 N–H and O–H groups in total. The van der Waals surface area contributed by atoms with E-state index in [4.69, 9.17) is 10.7 Å². The van der Waals surface area contributed by atoms with Crippen LogP contribution in [-0.4, -0.2) is 9.78 Å². The van der Waals surface area contributed by atoms with Crippen molar-refractivity contribution in [3.05, 3.63) is 18.0 Å². The largest absolute Gasteiger partial charge is 0.292 e. The number of nitrogens with zero attached hydrogens (tertiary/aromatic N) is 2. The predicted molar refractivity (Wildman–Crippen MR) is 46.2 cm³/mol. The Labute approximate surface area is 72.3 Å². The third kappa shape index (κ3) is 1.65. The number of rotatable bonds is 3. The molecule has 0 amide bonds. The van der Waals surface area contributed by atoms with Gasteiger partial charge in [-0.25, -0.2) is 5.90 Å². The van der Waals surface area contributed by atoms with E-state index in [1.807, 2.05) is 37.7 Å². The van der Waals surface area contributed by atoms with Gasteiger partial charge < -0.3 is 0 Å². The standard InChI is InChI=1S/C8H15N3O/c1-4-11-6-5-7(10-11)8(2,3)12-9/h5-6H,4,9H2,1-3H3. The Balaban J connectivity index is 2.88. The zero-order chi connectivity index (χ0) is 9.19. The van der Waals surface area contributed by atoms with Gasteiger partial charge in [-0.05, 0) is 26.8 Å². The van der Waals surface area contributed by atoms with Crippen LogP contribution in [0.25, 0.3) is 0 Å². The van der Waals surface area contributed by atoms with Gasteiger partial charge in [0.25, 0.3) is 0 Å². The molecule has 0 aliphatic heterocycles. The molecule has 0 radical (unpaired) electrons. The van der Waals surface area contributed by atoms with E-state index in [9.17, 15) is 0 Å². The van der Waals surface area contributed by atoms with Crippen LogP contribution in [0.15, 0.2) is 12.3 Å². The normalized spacial score (nSPS) is 12.0. The fourth-order valence-corrected chi connectivity index (χ4v) is 0.919. The predicted octanol–water partition coefficient (Wildman–Crippen LogP) is 1.03. The zero-order valence-corrected chi connectivity index (χ0v) is 7.74. The molecule has 4 heteroatoms. The third-order valence-corrected chi connectivity index (χ3v) is 1.88. The van der Waals surface area contributed by atoms with Gasteiger partial charge in [-0.2, -0.15) is 5.10 Å². The van der Waals surface area contributed by atoms with Crippen LogP contribution >= 0.6 is 0 Å². The average Bonchev–Trinajstić information content (AvgIpc) is 2.52. The Bertz CT molecular complexity index is 255. The Kier molecular flexibility index (Phi) is 2.49. The minimum Gasteiger partial charge on any atom is -0.292 e. The molecular formula is C8H15N3O. The highest BCUT2D eigenvalue weighted by atomic mass is 16.6. The topological polar surface area (TPSA) is 53.1 Å². The Morgan fingerprint density at radius 3 is 2.75 bits per heavy atom. The van der Waals surface area contributed by atoms with E-state index < -0.39 is 5.60 Å². The molecule has 0 saturated carbocycles.